The zero-order valence-corrected chi connectivity index (χ0v) is 12.1. The molecule has 0 atom stereocenters. The maximum absolute atomic E-state index is 11.2. The molecule has 1 aliphatic rings. The molecule has 1 aliphatic heterocycles. The highest BCUT2D eigenvalue weighted by Crippen LogP contribution is 2.21. The van der Waals surface area contributed by atoms with Crippen LogP contribution < -0.4 is 10.6 Å². The fraction of sp³-hybridized carbons (Fsp3) is 0. The standard InChI is InChI=1S/C10H7NO3.C6H7NO.B/c12-8-3-1-7(2-4-8)11-9(13)5-6-10(11)14;7-5-1-3-6(8)4-2-5;/h1-6,12H;1-4,8H,7H2;. The summed E-state index contributed by atoms with van der Waals surface area (Å²) in [6, 6.07) is 12.3. The Morgan fingerprint density at radius 3 is 1.52 bits per heavy atom. The van der Waals surface area contributed by atoms with E-state index in [1.807, 2.05) is 0 Å². The number of anilines is 2. The van der Waals surface area contributed by atoms with Crippen LogP contribution in [-0.4, -0.2) is 30.4 Å². The number of imide groups is 1. The van der Waals surface area contributed by atoms with Crippen molar-refractivity contribution in [2.75, 3.05) is 10.6 Å². The molecule has 0 spiro atoms. The normalized spacial score (nSPS) is 12.4. The predicted molar refractivity (Wildman–Crippen MR) is 88.0 cm³/mol. The molecular formula is C16H14BN2O4. The maximum atomic E-state index is 11.2. The van der Waals surface area contributed by atoms with Crippen LogP contribution in [-0.2, 0) is 9.59 Å². The lowest BCUT2D eigenvalue weighted by atomic mass is 10.3. The maximum Gasteiger partial charge on any atom is 0.258 e. The molecule has 0 unspecified atom stereocenters. The van der Waals surface area contributed by atoms with Crippen LogP contribution in [0.15, 0.2) is 60.7 Å². The van der Waals surface area contributed by atoms with E-state index in [4.69, 9.17) is 15.9 Å². The first-order valence-corrected chi connectivity index (χ1v) is 6.37. The molecule has 3 rings (SSSR count). The van der Waals surface area contributed by atoms with Crippen LogP contribution in [0.2, 0.25) is 0 Å². The van der Waals surface area contributed by atoms with Gasteiger partial charge in [-0.05, 0) is 48.5 Å². The number of hydrogen-bond acceptors (Lipinski definition) is 5. The van der Waals surface area contributed by atoms with E-state index in [1.54, 1.807) is 24.3 Å². The molecule has 0 fully saturated rings. The van der Waals surface area contributed by atoms with Gasteiger partial charge >= 0.3 is 0 Å². The van der Waals surface area contributed by atoms with Crippen LogP contribution in [0.3, 0.4) is 0 Å². The Hall–Kier alpha value is -3.22. The van der Waals surface area contributed by atoms with Crippen LogP contribution >= 0.6 is 0 Å². The number of phenolic OH excluding ortho intramolecular Hbond substituents is 2. The molecule has 2 amide bonds. The van der Waals surface area contributed by atoms with E-state index >= 15 is 0 Å². The van der Waals surface area contributed by atoms with Gasteiger partial charge in [-0.25, -0.2) is 4.90 Å². The van der Waals surface area contributed by atoms with E-state index in [9.17, 15) is 9.59 Å². The second-order valence-electron chi connectivity index (χ2n) is 4.45. The Labute approximate surface area is 135 Å². The van der Waals surface area contributed by atoms with Gasteiger partial charge in [0, 0.05) is 26.3 Å². The molecule has 0 aromatic heterocycles. The minimum atomic E-state index is -0.360. The van der Waals surface area contributed by atoms with Crippen molar-refractivity contribution in [1.29, 1.82) is 0 Å². The van der Waals surface area contributed by atoms with Crippen LogP contribution in [0, 0.1) is 0 Å². The zero-order valence-electron chi connectivity index (χ0n) is 12.1. The number of amides is 2. The van der Waals surface area contributed by atoms with Gasteiger partial charge < -0.3 is 15.9 Å². The van der Waals surface area contributed by atoms with Crippen LogP contribution in [0.4, 0.5) is 11.4 Å². The Kier molecular flexibility index (Phi) is 5.97. The number of aromatic hydroxyl groups is 2. The molecule has 0 saturated carbocycles. The summed E-state index contributed by atoms with van der Waals surface area (Å²) >= 11 is 0. The number of hydrogen-bond donors (Lipinski definition) is 3. The Balaban J connectivity index is 0.000000253. The van der Waals surface area contributed by atoms with Gasteiger partial charge in [-0.1, -0.05) is 0 Å². The largest absolute Gasteiger partial charge is 0.508 e. The summed E-state index contributed by atoms with van der Waals surface area (Å²) in [5.74, 6) is -0.374. The van der Waals surface area contributed by atoms with Crippen molar-refractivity contribution >= 4 is 31.6 Å². The van der Waals surface area contributed by atoms with Gasteiger partial charge in [0.25, 0.3) is 11.8 Å². The number of carbonyl (C=O) groups is 2. The molecule has 0 bridgehead atoms. The molecular weight excluding hydrogens is 295 g/mol. The fourth-order valence-electron chi connectivity index (χ4n) is 1.73. The molecule has 2 aromatic carbocycles. The number of carbonyl (C=O) groups excluding carboxylic acids is 2. The average Bonchev–Trinajstić information content (AvgIpc) is 2.83. The molecule has 1 heterocycles. The first kappa shape index (κ1) is 17.8. The highest BCUT2D eigenvalue weighted by Gasteiger charge is 2.24. The van der Waals surface area contributed by atoms with Crippen molar-refractivity contribution < 1.29 is 19.8 Å². The third-order valence-corrected chi connectivity index (χ3v) is 2.81. The third-order valence-electron chi connectivity index (χ3n) is 2.81. The molecule has 3 radical (unpaired) electrons. The van der Waals surface area contributed by atoms with Gasteiger partial charge in [-0.2, -0.15) is 0 Å². The highest BCUT2D eigenvalue weighted by molar-refractivity contribution is 6.28. The average molecular weight is 309 g/mol. The van der Waals surface area contributed by atoms with Crippen molar-refractivity contribution in [2.45, 2.75) is 0 Å². The zero-order chi connectivity index (χ0) is 16.1. The second-order valence-corrected chi connectivity index (χ2v) is 4.45. The van der Waals surface area contributed by atoms with Crippen molar-refractivity contribution in [3.05, 3.63) is 60.7 Å². The molecule has 115 valence electrons. The molecule has 6 nitrogen and oxygen atoms in total. The van der Waals surface area contributed by atoms with E-state index in [2.05, 4.69) is 0 Å². The summed E-state index contributed by atoms with van der Waals surface area (Å²) in [6.07, 6.45) is 2.43. The lowest BCUT2D eigenvalue weighted by molar-refractivity contribution is -0.119. The Morgan fingerprint density at radius 1 is 0.739 bits per heavy atom. The summed E-state index contributed by atoms with van der Waals surface area (Å²) in [6.45, 7) is 0. The monoisotopic (exact) mass is 309 g/mol. The first-order chi connectivity index (χ1) is 10.5. The highest BCUT2D eigenvalue weighted by atomic mass is 16.3. The molecule has 4 N–H and O–H groups in total. The second kappa shape index (κ2) is 7.70. The van der Waals surface area contributed by atoms with E-state index in [-0.39, 0.29) is 31.7 Å². The topological polar surface area (TPSA) is 104 Å². The van der Waals surface area contributed by atoms with Crippen LogP contribution in [0.25, 0.3) is 0 Å². The van der Waals surface area contributed by atoms with Gasteiger partial charge in [0.15, 0.2) is 0 Å². The van der Waals surface area contributed by atoms with E-state index in [1.165, 1.54) is 36.4 Å². The lowest BCUT2D eigenvalue weighted by Crippen LogP contribution is -2.29. The number of benzene rings is 2. The molecule has 0 saturated heterocycles. The third kappa shape index (κ3) is 4.64. The predicted octanol–water partition coefficient (Wildman–Crippen LogP) is 1.42. The van der Waals surface area contributed by atoms with Crippen molar-refractivity contribution in [3.8, 4) is 11.5 Å². The molecule has 2 aromatic rings. The quantitative estimate of drug-likeness (QED) is 0.320. The molecule has 0 aliphatic carbocycles. The number of rotatable bonds is 1. The van der Waals surface area contributed by atoms with Crippen molar-refractivity contribution in [2.24, 2.45) is 0 Å². The smallest absolute Gasteiger partial charge is 0.258 e. The van der Waals surface area contributed by atoms with E-state index in [0.29, 0.717) is 11.4 Å². The number of nitrogens with zero attached hydrogens (tertiary/aromatic N) is 1. The fourth-order valence-corrected chi connectivity index (χ4v) is 1.73. The Bertz CT molecular complexity index is 673. The van der Waals surface area contributed by atoms with Gasteiger partial charge in [-0.3, -0.25) is 9.59 Å². The van der Waals surface area contributed by atoms with Crippen molar-refractivity contribution in [1.82, 2.24) is 0 Å². The summed E-state index contributed by atoms with van der Waals surface area (Å²) in [5.41, 5.74) is 6.45. The minimum Gasteiger partial charge on any atom is -0.508 e. The summed E-state index contributed by atoms with van der Waals surface area (Å²) < 4.78 is 0. The van der Waals surface area contributed by atoms with Crippen LogP contribution in [0.1, 0.15) is 0 Å². The summed E-state index contributed by atoms with van der Waals surface area (Å²) in [4.78, 5) is 23.5. The number of nitrogen functional groups attached to an aromatic ring is 1. The number of phenols is 2. The van der Waals surface area contributed by atoms with Crippen molar-refractivity contribution in [3.63, 3.8) is 0 Å². The van der Waals surface area contributed by atoms with Gasteiger partial charge in [0.2, 0.25) is 0 Å². The molecule has 7 heteroatoms. The first-order valence-electron chi connectivity index (χ1n) is 6.37. The summed E-state index contributed by atoms with van der Waals surface area (Å²) in [7, 11) is 0. The minimum absolute atomic E-state index is 0. The van der Waals surface area contributed by atoms with E-state index in [0.717, 1.165) is 4.90 Å². The lowest BCUT2D eigenvalue weighted by Gasteiger charge is -2.13. The van der Waals surface area contributed by atoms with Gasteiger partial charge in [0.05, 0.1) is 5.69 Å². The Morgan fingerprint density at radius 2 is 1.13 bits per heavy atom. The summed E-state index contributed by atoms with van der Waals surface area (Å²) in [5, 5.41) is 17.7. The van der Waals surface area contributed by atoms with E-state index < -0.39 is 0 Å². The SMILES string of the molecule is Nc1ccc(O)cc1.O=C1C=CC(=O)N1c1ccc(O)cc1.[B]. The van der Waals surface area contributed by atoms with Gasteiger partial charge in [0.1, 0.15) is 11.5 Å². The molecule has 23 heavy (non-hydrogen) atoms. The van der Waals surface area contributed by atoms with Gasteiger partial charge in [-0.15, -0.1) is 0 Å². The number of nitrogens with two attached hydrogens (primary N) is 1. The van der Waals surface area contributed by atoms with Crippen LogP contribution in [0.5, 0.6) is 11.5 Å².